The SMILES string of the molecule is CCCNC(=O)CCNC(=O)CC1(CN)CCC1. The standard InChI is InChI=1S/C13H25N3O2/c1-2-7-15-11(17)4-8-16-12(18)9-13(10-14)5-3-6-13/h2-10,14H2,1H3,(H,15,17)(H,16,18). The van der Waals surface area contributed by atoms with E-state index in [4.69, 9.17) is 5.73 Å². The van der Waals surface area contributed by atoms with Crippen LogP contribution in [0.15, 0.2) is 0 Å². The molecule has 0 heterocycles. The molecule has 0 spiro atoms. The normalized spacial score (nSPS) is 16.8. The number of amides is 2. The maximum atomic E-state index is 11.7. The van der Waals surface area contributed by atoms with Gasteiger partial charge in [-0.05, 0) is 31.2 Å². The summed E-state index contributed by atoms with van der Waals surface area (Å²) >= 11 is 0. The molecule has 0 aromatic carbocycles. The number of carbonyl (C=O) groups is 2. The van der Waals surface area contributed by atoms with Crippen LogP contribution in [-0.4, -0.2) is 31.4 Å². The van der Waals surface area contributed by atoms with E-state index in [1.54, 1.807) is 0 Å². The topological polar surface area (TPSA) is 84.2 Å². The highest BCUT2D eigenvalue weighted by Gasteiger charge is 2.37. The molecule has 1 rings (SSSR count). The average molecular weight is 255 g/mol. The van der Waals surface area contributed by atoms with Gasteiger partial charge in [-0.1, -0.05) is 13.3 Å². The van der Waals surface area contributed by atoms with Crippen molar-refractivity contribution in [2.75, 3.05) is 19.6 Å². The monoisotopic (exact) mass is 255 g/mol. The Bertz CT molecular complexity index is 282. The first-order valence-corrected chi connectivity index (χ1v) is 6.85. The Morgan fingerprint density at radius 3 is 2.33 bits per heavy atom. The van der Waals surface area contributed by atoms with Gasteiger partial charge in [0, 0.05) is 25.9 Å². The van der Waals surface area contributed by atoms with E-state index in [1.807, 2.05) is 6.92 Å². The molecule has 1 saturated carbocycles. The van der Waals surface area contributed by atoms with E-state index in [0.717, 1.165) is 19.3 Å². The smallest absolute Gasteiger partial charge is 0.221 e. The molecule has 0 atom stereocenters. The molecular weight excluding hydrogens is 230 g/mol. The van der Waals surface area contributed by atoms with Crippen molar-refractivity contribution in [3.63, 3.8) is 0 Å². The summed E-state index contributed by atoms with van der Waals surface area (Å²) in [5, 5.41) is 5.57. The number of nitrogens with two attached hydrogens (primary N) is 1. The van der Waals surface area contributed by atoms with Crippen LogP contribution in [-0.2, 0) is 9.59 Å². The third-order valence-electron chi connectivity index (χ3n) is 3.63. The van der Waals surface area contributed by atoms with Crippen LogP contribution < -0.4 is 16.4 Å². The number of nitrogens with one attached hydrogen (secondary N) is 2. The van der Waals surface area contributed by atoms with E-state index < -0.39 is 0 Å². The van der Waals surface area contributed by atoms with Gasteiger partial charge in [0.1, 0.15) is 0 Å². The highest BCUT2D eigenvalue weighted by atomic mass is 16.2. The van der Waals surface area contributed by atoms with Crippen LogP contribution in [0.1, 0.15) is 45.4 Å². The Labute approximate surface area is 109 Å². The van der Waals surface area contributed by atoms with Crippen molar-refractivity contribution in [1.29, 1.82) is 0 Å². The molecule has 0 aromatic rings. The van der Waals surface area contributed by atoms with Crippen LogP contribution in [0.5, 0.6) is 0 Å². The molecule has 104 valence electrons. The van der Waals surface area contributed by atoms with Crippen LogP contribution in [0, 0.1) is 5.41 Å². The van der Waals surface area contributed by atoms with Gasteiger partial charge in [0.05, 0.1) is 0 Å². The zero-order valence-electron chi connectivity index (χ0n) is 11.3. The lowest BCUT2D eigenvalue weighted by Gasteiger charge is -2.40. The Morgan fingerprint density at radius 1 is 1.17 bits per heavy atom. The number of hydrogen-bond acceptors (Lipinski definition) is 3. The van der Waals surface area contributed by atoms with Gasteiger partial charge in [-0.25, -0.2) is 0 Å². The lowest BCUT2D eigenvalue weighted by atomic mass is 9.66. The van der Waals surface area contributed by atoms with Crippen molar-refractivity contribution in [1.82, 2.24) is 10.6 Å². The lowest BCUT2D eigenvalue weighted by molar-refractivity contribution is -0.125. The van der Waals surface area contributed by atoms with Gasteiger partial charge >= 0.3 is 0 Å². The average Bonchev–Trinajstić information content (AvgIpc) is 2.31. The molecule has 1 fully saturated rings. The number of carbonyl (C=O) groups excluding carboxylic acids is 2. The highest BCUT2D eigenvalue weighted by molar-refractivity contribution is 5.79. The van der Waals surface area contributed by atoms with Gasteiger partial charge in [0.25, 0.3) is 0 Å². The molecule has 4 N–H and O–H groups in total. The van der Waals surface area contributed by atoms with E-state index in [2.05, 4.69) is 10.6 Å². The molecule has 0 unspecified atom stereocenters. The molecule has 0 aromatic heterocycles. The van der Waals surface area contributed by atoms with Crippen molar-refractivity contribution >= 4 is 11.8 Å². The van der Waals surface area contributed by atoms with Crippen molar-refractivity contribution in [2.24, 2.45) is 11.1 Å². The van der Waals surface area contributed by atoms with Crippen molar-refractivity contribution < 1.29 is 9.59 Å². The molecule has 0 bridgehead atoms. The third kappa shape index (κ3) is 4.64. The minimum Gasteiger partial charge on any atom is -0.356 e. The summed E-state index contributed by atoms with van der Waals surface area (Å²) in [6.07, 6.45) is 5.05. The van der Waals surface area contributed by atoms with Gasteiger partial charge in [0.2, 0.25) is 11.8 Å². The van der Waals surface area contributed by atoms with Gasteiger partial charge in [-0.2, -0.15) is 0 Å². The Morgan fingerprint density at radius 2 is 1.83 bits per heavy atom. The van der Waals surface area contributed by atoms with E-state index in [-0.39, 0.29) is 17.2 Å². The van der Waals surface area contributed by atoms with Crippen molar-refractivity contribution in [3.8, 4) is 0 Å². The molecule has 1 aliphatic carbocycles. The first kappa shape index (κ1) is 15.0. The lowest BCUT2D eigenvalue weighted by Crippen LogP contribution is -2.42. The molecular formula is C13H25N3O2. The zero-order valence-corrected chi connectivity index (χ0v) is 11.3. The predicted octanol–water partition coefficient (Wildman–Crippen LogP) is 0.538. The van der Waals surface area contributed by atoms with Crippen LogP contribution in [0.3, 0.4) is 0 Å². The summed E-state index contributed by atoms with van der Waals surface area (Å²) in [4.78, 5) is 23.0. The zero-order chi connectivity index (χ0) is 13.4. The van der Waals surface area contributed by atoms with E-state index in [9.17, 15) is 9.59 Å². The molecule has 5 nitrogen and oxygen atoms in total. The summed E-state index contributed by atoms with van der Waals surface area (Å²) in [6, 6.07) is 0. The fraction of sp³-hybridized carbons (Fsp3) is 0.846. The second kappa shape index (κ2) is 7.36. The minimum absolute atomic E-state index is 0.00525. The Hall–Kier alpha value is -1.10. The molecule has 0 radical (unpaired) electrons. The highest BCUT2D eigenvalue weighted by Crippen LogP contribution is 2.42. The second-order valence-electron chi connectivity index (χ2n) is 5.18. The summed E-state index contributed by atoms with van der Waals surface area (Å²) in [7, 11) is 0. The summed E-state index contributed by atoms with van der Waals surface area (Å²) in [5.74, 6) is 0.0118. The molecule has 1 aliphatic rings. The first-order valence-electron chi connectivity index (χ1n) is 6.85. The molecule has 5 heteroatoms. The molecule has 18 heavy (non-hydrogen) atoms. The van der Waals surface area contributed by atoms with Gasteiger partial charge in [0.15, 0.2) is 0 Å². The van der Waals surface area contributed by atoms with E-state index >= 15 is 0 Å². The van der Waals surface area contributed by atoms with E-state index in [0.29, 0.717) is 32.5 Å². The quantitative estimate of drug-likeness (QED) is 0.592. The molecule has 0 aliphatic heterocycles. The minimum atomic E-state index is -0.00525. The van der Waals surface area contributed by atoms with Crippen molar-refractivity contribution in [3.05, 3.63) is 0 Å². The van der Waals surface area contributed by atoms with Crippen LogP contribution in [0.2, 0.25) is 0 Å². The largest absolute Gasteiger partial charge is 0.356 e. The molecule has 0 saturated heterocycles. The Balaban J connectivity index is 2.11. The van der Waals surface area contributed by atoms with Gasteiger partial charge in [-0.15, -0.1) is 0 Å². The van der Waals surface area contributed by atoms with Gasteiger partial charge in [-0.3, -0.25) is 9.59 Å². The predicted molar refractivity (Wildman–Crippen MR) is 70.9 cm³/mol. The third-order valence-corrected chi connectivity index (χ3v) is 3.63. The summed E-state index contributed by atoms with van der Waals surface area (Å²) < 4.78 is 0. The number of hydrogen-bond donors (Lipinski definition) is 3. The van der Waals surface area contributed by atoms with Gasteiger partial charge < -0.3 is 16.4 Å². The molecule has 2 amide bonds. The van der Waals surface area contributed by atoms with Crippen LogP contribution >= 0.6 is 0 Å². The van der Waals surface area contributed by atoms with Crippen molar-refractivity contribution in [2.45, 2.75) is 45.4 Å². The Kier molecular flexibility index (Phi) is 6.12. The van der Waals surface area contributed by atoms with E-state index in [1.165, 1.54) is 6.42 Å². The fourth-order valence-corrected chi connectivity index (χ4v) is 2.20. The first-order chi connectivity index (χ1) is 8.62. The maximum absolute atomic E-state index is 11.7. The van der Waals surface area contributed by atoms with Crippen LogP contribution in [0.25, 0.3) is 0 Å². The number of rotatable bonds is 8. The maximum Gasteiger partial charge on any atom is 0.221 e. The fourth-order valence-electron chi connectivity index (χ4n) is 2.20. The second-order valence-corrected chi connectivity index (χ2v) is 5.18. The summed E-state index contributed by atoms with van der Waals surface area (Å²) in [6.45, 7) is 3.70. The summed E-state index contributed by atoms with van der Waals surface area (Å²) in [5.41, 5.74) is 5.74. The van der Waals surface area contributed by atoms with Crippen LogP contribution in [0.4, 0.5) is 0 Å².